The number of hydrogen-bond acceptors (Lipinski definition) is 3. The number of rotatable bonds is 5. The van der Waals surface area contributed by atoms with Crippen LogP contribution >= 0.6 is 0 Å². The molecule has 0 radical (unpaired) electrons. The van der Waals surface area contributed by atoms with Crippen molar-refractivity contribution in [3.05, 3.63) is 24.3 Å². The smallest absolute Gasteiger partial charge is 0.411 e. The second kappa shape index (κ2) is 6.71. The van der Waals surface area contributed by atoms with Crippen molar-refractivity contribution in [3.63, 3.8) is 0 Å². The molecular weight excluding hydrogens is 204 g/mol. The maximum atomic E-state index is 11.3. The van der Waals surface area contributed by atoms with E-state index in [1.54, 1.807) is 24.3 Å². The van der Waals surface area contributed by atoms with E-state index in [9.17, 15) is 4.79 Å². The van der Waals surface area contributed by atoms with E-state index in [2.05, 4.69) is 12.2 Å². The van der Waals surface area contributed by atoms with Crippen LogP contribution in [0.1, 0.15) is 26.2 Å². The van der Waals surface area contributed by atoms with Gasteiger partial charge in [0, 0.05) is 11.4 Å². The second-order valence-electron chi connectivity index (χ2n) is 3.59. The van der Waals surface area contributed by atoms with Crippen molar-refractivity contribution in [1.82, 2.24) is 0 Å². The van der Waals surface area contributed by atoms with E-state index in [4.69, 9.17) is 10.5 Å². The Hall–Kier alpha value is -1.71. The molecule has 0 saturated carbocycles. The number of nitrogens with two attached hydrogens (primary N) is 1. The van der Waals surface area contributed by atoms with Gasteiger partial charge in [-0.3, -0.25) is 5.32 Å². The number of ether oxygens (including phenoxy) is 1. The Labute approximate surface area is 95.8 Å². The first-order valence-electron chi connectivity index (χ1n) is 5.51. The Morgan fingerprint density at radius 3 is 2.62 bits per heavy atom. The minimum atomic E-state index is -0.416. The highest BCUT2D eigenvalue weighted by molar-refractivity contribution is 5.84. The molecule has 0 unspecified atom stereocenters. The molecule has 88 valence electrons. The molecule has 0 bridgehead atoms. The molecule has 0 spiro atoms. The average molecular weight is 222 g/mol. The van der Waals surface area contributed by atoms with Crippen molar-refractivity contribution >= 4 is 17.5 Å². The molecule has 0 fully saturated rings. The zero-order valence-electron chi connectivity index (χ0n) is 9.53. The van der Waals surface area contributed by atoms with Crippen LogP contribution < -0.4 is 11.1 Å². The van der Waals surface area contributed by atoms with Crippen LogP contribution in [0.4, 0.5) is 16.2 Å². The Kier molecular flexibility index (Phi) is 5.19. The van der Waals surface area contributed by atoms with Gasteiger partial charge in [-0.15, -0.1) is 0 Å². The highest BCUT2D eigenvalue weighted by Gasteiger charge is 2.01. The van der Waals surface area contributed by atoms with Gasteiger partial charge in [-0.1, -0.05) is 19.8 Å². The molecular formula is C12H18N2O2. The Morgan fingerprint density at radius 2 is 2.00 bits per heavy atom. The van der Waals surface area contributed by atoms with Crippen molar-refractivity contribution in [2.24, 2.45) is 0 Å². The molecule has 0 heterocycles. The first kappa shape index (κ1) is 12.4. The summed E-state index contributed by atoms with van der Waals surface area (Å²) in [5.74, 6) is 0. The van der Waals surface area contributed by atoms with Crippen molar-refractivity contribution in [2.75, 3.05) is 17.7 Å². The molecule has 1 aromatic carbocycles. The number of anilines is 2. The molecule has 0 aliphatic heterocycles. The highest BCUT2D eigenvalue weighted by atomic mass is 16.5. The van der Waals surface area contributed by atoms with E-state index in [-0.39, 0.29) is 0 Å². The molecule has 0 saturated heterocycles. The lowest BCUT2D eigenvalue weighted by Crippen LogP contribution is -2.14. The van der Waals surface area contributed by atoms with Gasteiger partial charge in [0.2, 0.25) is 0 Å². The van der Waals surface area contributed by atoms with Gasteiger partial charge in [0.05, 0.1) is 6.61 Å². The van der Waals surface area contributed by atoms with E-state index in [0.717, 1.165) is 19.3 Å². The number of unbranched alkanes of at least 4 members (excludes halogenated alkanes) is 2. The zero-order chi connectivity index (χ0) is 11.8. The molecule has 1 amide bonds. The predicted octanol–water partition coefficient (Wildman–Crippen LogP) is 3.01. The van der Waals surface area contributed by atoms with Gasteiger partial charge < -0.3 is 10.5 Å². The quantitative estimate of drug-likeness (QED) is 0.594. The first-order chi connectivity index (χ1) is 7.72. The summed E-state index contributed by atoms with van der Waals surface area (Å²) in [6.07, 6.45) is 2.69. The summed E-state index contributed by atoms with van der Waals surface area (Å²) in [5, 5.41) is 2.63. The van der Waals surface area contributed by atoms with E-state index in [0.29, 0.717) is 18.0 Å². The number of amides is 1. The van der Waals surface area contributed by atoms with Crippen LogP contribution in [-0.2, 0) is 4.74 Å². The van der Waals surface area contributed by atoms with Crippen molar-refractivity contribution in [3.8, 4) is 0 Å². The third-order valence-electron chi connectivity index (χ3n) is 2.14. The zero-order valence-corrected chi connectivity index (χ0v) is 9.53. The Morgan fingerprint density at radius 1 is 1.31 bits per heavy atom. The van der Waals surface area contributed by atoms with Crippen LogP contribution in [0.3, 0.4) is 0 Å². The lowest BCUT2D eigenvalue weighted by Gasteiger charge is -2.06. The van der Waals surface area contributed by atoms with Gasteiger partial charge in [-0.25, -0.2) is 4.79 Å². The minimum absolute atomic E-state index is 0.416. The fourth-order valence-electron chi connectivity index (χ4n) is 1.24. The summed E-state index contributed by atoms with van der Waals surface area (Å²) in [5.41, 5.74) is 6.88. The number of carbonyl (C=O) groups excluding carboxylic acids is 1. The monoisotopic (exact) mass is 222 g/mol. The predicted molar refractivity (Wildman–Crippen MR) is 65.4 cm³/mol. The molecule has 0 aliphatic rings. The maximum absolute atomic E-state index is 11.3. The van der Waals surface area contributed by atoms with Crippen LogP contribution in [0.5, 0.6) is 0 Å². The third-order valence-corrected chi connectivity index (χ3v) is 2.14. The number of hydrogen-bond donors (Lipinski definition) is 2. The van der Waals surface area contributed by atoms with E-state index >= 15 is 0 Å². The van der Waals surface area contributed by atoms with Crippen molar-refractivity contribution in [2.45, 2.75) is 26.2 Å². The molecule has 0 atom stereocenters. The van der Waals surface area contributed by atoms with E-state index < -0.39 is 6.09 Å². The summed E-state index contributed by atoms with van der Waals surface area (Å²) in [6.45, 7) is 2.57. The maximum Gasteiger partial charge on any atom is 0.411 e. The van der Waals surface area contributed by atoms with E-state index in [1.807, 2.05) is 0 Å². The van der Waals surface area contributed by atoms with Gasteiger partial charge in [-0.05, 0) is 30.7 Å². The SMILES string of the molecule is CCCCCOC(=O)Nc1ccc(N)cc1. The van der Waals surface area contributed by atoms with Gasteiger partial charge in [0.25, 0.3) is 0 Å². The average Bonchev–Trinajstić information content (AvgIpc) is 2.28. The van der Waals surface area contributed by atoms with E-state index in [1.165, 1.54) is 0 Å². The van der Waals surface area contributed by atoms with Gasteiger partial charge in [-0.2, -0.15) is 0 Å². The van der Waals surface area contributed by atoms with Crippen LogP contribution in [0, 0.1) is 0 Å². The molecule has 1 rings (SSSR count). The summed E-state index contributed by atoms with van der Waals surface area (Å²) < 4.78 is 5.00. The largest absolute Gasteiger partial charge is 0.449 e. The van der Waals surface area contributed by atoms with Crippen molar-refractivity contribution in [1.29, 1.82) is 0 Å². The molecule has 16 heavy (non-hydrogen) atoms. The summed E-state index contributed by atoms with van der Waals surface area (Å²) in [6, 6.07) is 6.94. The molecule has 4 heteroatoms. The van der Waals surface area contributed by atoms with Gasteiger partial charge >= 0.3 is 6.09 Å². The second-order valence-corrected chi connectivity index (χ2v) is 3.59. The number of benzene rings is 1. The van der Waals surface area contributed by atoms with Gasteiger partial charge in [0.15, 0.2) is 0 Å². The Balaban J connectivity index is 2.26. The summed E-state index contributed by atoms with van der Waals surface area (Å²) in [4.78, 5) is 11.3. The molecule has 1 aromatic rings. The van der Waals surface area contributed by atoms with Crippen LogP contribution in [-0.4, -0.2) is 12.7 Å². The molecule has 3 N–H and O–H groups in total. The Bertz CT molecular complexity index is 322. The third kappa shape index (κ3) is 4.68. The van der Waals surface area contributed by atoms with Crippen LogP contribution in [0.2, 0.25) is 0 Å². The summed E-state index contributed by atoms with van der Waals surface area (Å²) in [7, 11) is 0. The standard InChI is InChI=1S/C12H18N2O2/c1-2-3-4-9-16-12(15)14-11-7-5-10(13)6-8-11/h5-8H,2-4,9,13H2,1H3,(H,14,15). The van der Waals surface area contributed by atoms with Crippen LogP contribution in [0.25, 0.3) is 0 Å². The number of carbonyl (C=O) groups is 1. The molecule has 0 aliphatic carbocycles. The molecule has 0 aromatic heterocycles. The summed E-state index contributed by atoms with van der Waals surface area (Å²) >= 11 is 0. The minimum Gasteiger partial charge on any atom is -0.449 e. The topological polar surface area (TPSA) is 64.3 Å². The fraction of sp³-hybridized carbons (Fsp3) is 0.417. The highest BCUT2D eigenvalue weighted by Crippen LogP contribution is 2.10. The number of nitrogens with one attached hydrogen (secondary N) is 1. The van der Waals surface area contributed by atoms with Gasteiger partial charge in [0.1, 0.15) is 0 Å². The van der Waals surface area contributed by atoms with Crippen molar-refractivity contribution < 1.29 is 9.53 Å². The normalized spacial score (nSPS) is 9.81. The number of nitrogen functional groups attached to an aromatic ring is 1. The lowest BCUT2D eigenvalue weighted by molar-refractivity contribution is 0.159. The van der Waals surface area contributed by atoms with Crippen LogP contribution in [0.15, 0.2) is 24.3 Å². The lowest BCUT2D eigenvalue weighted by atomic mass is 10.3. The fourth-order valence-corrected chi connectivity index (χ4v) is 1.24. The molecule has 4 nitrogen and oxygen atoms in total. The first-order valence-corrected chi connectivity index (χ1v) is 5.51.